The van der Waals surface area contributed by atoms with Crippen molar-refractivity contribution in [2.75, 3.05) is 17.7 Å². The van der Waals surface area contributed by atoms with Crippen molar-refractivity contribution < 1.29 is 0 Å². The van der Waals surface area contributed by atoms with Gasteiger partial charge in [0.25, 0.3) is 0 Å². The molecule has 7 heteroatoms. The molecule has 1 aliphatic rings. The number of hydrogen-bond acceptors (Lipinski definition) is 6. The predicted octanol–water partition coefficient (Wildman–Crippen LogP) is 3.74. The third-order valence-corrected chi connectivity index (χ3v) is 4.51. The minimum absolute atomic E-state index is 0.148. The molecule has 25 heavy (non-hydrogen) atoms. The summed E-state index contributed by atoms with van der Waals surface area (Å²) in [4.78, 5) is 8.60. The van der Waals surface area contributed by atoms with Gasteiger partial charge < -0.3 is 10.6 Å². The molecule has 2 aromatic heterocycles. The Labute approximate surface area is 148 Å². The molecular weight excluding hydrogens is 314 g/mol. The number of anilines is 3. The van der Waals surface area contributed by atoms with Gasteiger partial charge in [-0.1, -0.05) is 12.8 Å². The summed E-state index contributed by atoms with van der Waals surface area (Å²) in [5.41, 5.74) is 1.28. The van der Waals surface area contributed by atoms with Crippen molar-refractivity contribution in [2.45, 2.75) is 57.9 Å². The molecule has 3 rings (SSSR count). The van der Waals surface area contributed by atoms with Crippen molar-refractivity contribution in [3.05, 3.63) is 23.7 Å². The van der Waals surface area contributed by atoms with Crippen molar-refractivity contribution >= 4 is 17.5 Å². The highest BCUT2D eigenvalue weighted by Crippen LogP contribution is 2.36. The SMILES string of the molecule is CNc1nc(Nc2cc(C3CCCC3)nn2C(C)(C)C)cnc1C#N. The van der Waals surface area contributed by atoms with E-state index < -0.39 is 0 Å². The first-order chi connectivity index (χ1) is 11.9. The van der Waals surface area contributed by atoms with Gasteiger partial charge in [0, 0.05) is 19.0 Å². The molecule has 0 aliphatic heterocycles. The summed E-state index contributed by atoms with van der Waals surface area (Å²) in [5, 5.41) is 20.2. The topological polar surface area (TPSA) is 91.4 Å². The van der Waals surface area contributed by atoms with Crippen molar-refractivity contribution in [3.63, 3.8) is 0 Å². The molecule has 0 aromatic carbocycles. The first-order valence-corrected chi connectivity index (χ1v) is 8.74. The molecule has 0 saturated heterocycles. The highest BCUT2D eigenvalue weighted by atomic mass is 15.4. The van der Waals surface area contributed by atoms with E-state index in [1.165, 1.54) is 25.7 Å². The van der Waals surface area contributed by atoms with E-state index >= 15 is 0 Å². The Morgan fingerprint density at radius 3 is 2.60 bits per heavy atom. The maximum absolute atomic E-state index is 9.08. The third-order valence-electron chi connectivity index (χ3n) is 4.51. The predicted molar refractivity (Wildman–Crippen MR) is 98.0 cm³/mol. The van der Waals surface area contributed by atoms with Crippen LogP contribution in [-0.2, 0) is 5.54 Å². The standard InChI is InChI=1S/C18H25N7/c1-18(2,3)25-16(9-13(24-25)12-7-5-6-8-12)22-15-11-21-14(10-19)17(20-4)23-15/h9,11-12H,5-8H2,1-4H3,(H2,20,22,23). The Morgan fingerprint density at radius 2 is 2.00 bits per heavy atom. The van der Waals surface area contributed by atoms with E-state index in [1.807, 2.05) is 10.8 Å². The third kappa shape index (κ3) is 3.58. The largest absolute Gasteiger partial charge is 0.371 e. The van der Waals surface area contributed by atoms with Gasteiger partial charge in [0.2, 0.25) is 0 Å². The molecular formula is C18H25N7. The van der Waals surface area contributed by atoms with Crippen LogP contribution < -0.4 is 10.6 Å². The first-order valence-electron chi connectivity index (χ1n) is 8.74. The van der Waals surface area contributed by atoms with Crippen molar-refractivity contribution in [1.29, 1.82) is 5.26 Å². The summed E-state index contributed by atoms with van der Waals surface area (Å²) in [6.45, 7) is 6.40. The zero-order valence-corrected chi connectivity index (χ0v) is 15.3. The molecule has 7 nitrogen and oxygen atoms in total. The van der Waals surface area contributed by atoms with Gasteiger partial charge in [-0.3, -0.25) is 0 Å². The van der Waals surface area contributed by atoms with Gasteiger partial charge in [0.1, 0.15) is 11.9 Å². The first kappa shape index (κ1) is 17.2. The molecule has 132 valence electrons. The van der Waals surface area contributed by atoms with Gasteiger partial charge in [-0.2, -0.15) is 10.4 Å². The normalized spacial score (nSPS) is 15.2. The average Bonchev–Trinajstić information content (AvgIpc) is 3.23. The molecule has 0 radical (unpaired) electrons. The maximum atomic E-state index is 9.08. The Bertz CT molecular complexity index is 789. The molecule has 1 saturated carbocycles. The quantitative estimate of drug-likeness (QED) is 0.881. The second kappa shape index (κ2) is 6.71. The number of nitrogens with zero attached hydrogens (tertiary/aromatic N) is 5. The van der Waals surface area contributed by atoms with Crippen LogP contribution >= 0.6 is 0 Å². The monoisotopic (exact) mass is 339 g/mol. The zero-order valence-electron chi connectivity index (χ0n) is 15.3. The van der Waals surface area contributed by atoms with Crippen LogP contribution in [0.5, 0.6) is 0 Å². The summed E-state index contributed by atoms with van der Waals surface area (Å²) >= 11 is 0. The number of aromatic nitrogens is 4. The van der Waals surface area contributed by atoms with Gasteiger partial charge in [-0.05, 0) is 33.6 Å². The molecule has 2 aromatic rings. The van der Waals surface area contributed by atoms with E-state index in [4.69, 9.17) is 10.4 Å². The van der Waals surface area contributed by atoms with Gasteiger partial charge in [0.15, 0.2) is 17.3 Å². The summed E-state index contributed by atoms with van der Waals surface area (Å²) in [6.07, 6.45) is 6.56. The molecule has 2 N–H and O–H groups in total. The lowest BCUT2D eigenvalue weighted by atomic mass is 10.0. The van der Waals surface area contributed by atoms with Crippen molar-refractivity contribution in [1.82, 2.24) is 19.7 Å². The molecule has 0 atom stereocenters. The minimum Gasteiger partial charge on any atom is -0.371 e. The number of nitrogens with one attached hydrogen (secondary N) is 2. The van der Waals surface area contributed by atoms with Crippen LogP contribution in [-0.4, -0.2) is 26.8 Å². The van der Waals surface area contributed by atoms with E-state index in [0.29, 0.717) is 17.6 Å². The molecule has 0 bridgehead atoms. The Kier molecular flexibility index (Phi) is 4.62. The highest BCUT2D eigenvalue weighted by Gasteiger charge is 2.25. The van der Waals surface area contributed by atoms with Gasteiger partial charge >= 0.3 is 0 Å². The second-order valence-electron chi connectivity index (χ2n) is 7.46. The van der Waals surface area contributed by atoms with Crippen LogP contribution in [0.2, 0.25) is 0 Å². The van der Waals surface area contributed by atoms with Crippen LogP contribution in [0.25, 0.3) is 0 Å². The lowest BCUT2D eigenvalue weighted by Crippen LogP contribution is -2.25. The molecule has 0 spiro atoms. The molecule has 0 amide bonds. The van der Waals surface area contributed by atoms with Gasteiger partial charge in [-0.15, -0.1) is 0 Å². The number of nitriles is 1. The summed E-state index contributed by atoms with van der Waals surface area (Å²) in [5.74, 6) is 2.50. The van der Waals surface area contributed by atoms with Crippen LogP contribution in [0, 0.1) is 11.3 Å². The second-order valence-corrected chi connectivity index (χ2v) is 7.46. The molecule has 2 heterocycles. The maximum Gasteiger partial charge on any atom is 0.183 e. The Balaban J connectivity index is 1.94. The van der Waals surface area contributed by atoms with Gasteiger partial charge in [0.05, 0.1) is 17.4 Å². The fraction of sp³-hybridized carbons (Fsp3) is 0.556. The highest BCUT2D eigenvalue weighted by molar-refractivity contribution is 5.57. The number of hydrogen-bond donors (Lipinski definition) is 2. The number of rotatable bonds is 4. The Morgan fingerprint density at radius 1 is 1.28 bits per heavy atom. The van der Waals surface area contributed by atoms with E-state index in [0.717, 1.165) is 11.5 Å². The van der Waals surface area contributed by atoms with E-state index in [9.17, 15) is 0 Å². The van der Waals surface area contributed by atoms with Crippen LogP contribution in [0.1, 0.15) is 63.8 Å². The summed E-state index contributed by atoms with van der Waals surface area (Å²) in [7, 11) is 1.73. The Hall–Kier alpha value is -2.62. The molecule has 0 unspecified atom stereocenters. The fourth-order valence-electron chi connectivity index (χ4n) is 3.26. The average molecular weight is 339 g/mol. The summed E-state index contributed by atoms with van der Waals surface area (Å²) in [6, 6.07) is 4.16. The summed E-state index contributed by atoms with van der Waals surface area (Å²) < 4.78 is 2.01. The zero-order chi connectivity index (χ0) is 18.0. The van der Waals surface area contributed by atoms with Crippen LogP contribution in [0.3, 0.4) is 0 Å². The molecule has 1 aliphatic carbocycles. The molecule has 1 fully saturated rings. The van der Waals surface area contributed by atoms with E-state index in [1.54, 1.807) is 13.2 Å². The van der Waals surface area contributed by atoms with E-state index in [-0.39, 0.29) is 11.2 Å². The van der Waals surface area contributed by atoms with Gasteiger partial charge in [-0.25, -0.2) is 14.6 Å². The van der Waals surface area contributed by atoms with Crippen LogP contribution in [0.15, 0.2) is 12.3 Å². The lowest BCUT2D eigenvalue weighted by Gasteiger charge is -2.22. The fourth-order valence-corrected chi connectivity index (χ4v) is 3.26. The van der Waals surface area contributed by atoms with Crippen LogP contribution in [0.4, 0.5) is 17.5 Å². The van der Waals surface area contributed by atoms with Crippen molar-refractivity contribution in [2.24, 2.45) is 0 Å². The van der Waals surface area contributed by atoms with Crippen molar-refractivity contribution in [3.8, 4) is 6.07 Å². The lowest BCUT2D eigenvalue weighted by molar-refractivity contribution is 0.357. The smallest absolute Gasteiger partial charge is 0.183 e. The minimum atomic E-state index is -0.148. The van der Waals surface area contributed by atoms with E-state index in [2.05, 4.69) is 47.4 Å².